The Hall–Kier alpha value is -4.01. The van der Waals surface area contributed by atoms with Crippen molar-refractivity contribution in [3.63, 3.8) is 0 Å². The Morgan fingerprint density at radius 3 is 2.48 bits per heavy atom. The zero-order valence-corrected chi connectivity index (χ0v) is 18.6. The molecule has 0 saturated carbocycles. The van der Waals surface area contributed by atoms with Gasteiger partial charge in [-0.05, 0) is 48.4 Å². The van der Waals surface area contributed by atoms with Crippen molar-refractivity contribution in [1.29, 1.82) is 0 Å². The van der Waals surface area contributed by atoms with Crippen molar-refractivity contribution in [2.24, 2.45) is 0 Å². The van der Waals surface area contributed by atoms with Crippen molar-refractivity contribution in [3.05, 3.63) is 89.5 Å². The number of hydrogen-bond donors (Lipinski definition) is 3. The molecule has 8 heteroatoms. The minimum Gasteiger partial charge on any atom is -0.375 e. The molecule has 5 rings (SSSR count). The van der Waals surface area contributed by atoms with E-state index in [1.807, 2.05) is 28.9 Å². The number of amides is 1. The van der Waals surface area contributed by atoms with Gasteiger partial charge in [0.25, 0.3) is 5.91 Å². The molecule has 3 aromatic carbocycles. The first-order valence-electron chi connectivity index (χ1n) is 10.3. The summed E-state index contributed by atoms with van der Waals surface area (Å²) < 4.78 is 2.99. The number of thiazole rings is 1. The number of benzene rings is 3. The molecule has 5 aromatic rings. The molecule has 0 saturated heterocycles. The molecule has 0 bridgehead atoms. The van der Waals surface area contributed by atoms with Crippen LogP contribution in [0.4, 0.5) is 5.13 Å². The molecule has 33 heavy (non-hydrogen) atoms. The summed E-state index contributed by atoms with van der Waals surface area (Å²) in [6, 6.07) is 23.6. The summed E-state index contributed by atoms with van der Waals surface area (Å²) in [5, 5.41) is 14.3. The van der Waals surface area contributed by atoms with Crippen molar-refractivity contribution >= 4 is 32.6 Å². The Balaban J connectivity index is 1.55. The van der Waals surface area contributed by atoms with E-state index in [4.69, 9.17) is 16.0 Å². The number of aryl methyl sites for hydroxylation is 1. The van der Waals surface area contributed by atoms with E-state index in [-0.39, 0.29) is 0 Å². The van der Waals surface area contributed by atoms with Crippen LogP contribution in [0.15, 0.2) is 72.8 Å². The number of nitrogens with one attached hydrogen (secondary N) is 1. The van der Waals surface area contributed by atoms with E-state index in [0.717, 1.165) is 38.3 Å². The van der Waals surface area contributed by atoms with E-state index < -0.39 is 5.91 Å². The number of carbonyl (C=O) groups is 1. The van der Waals surface area contributed by atoms with Gasteiger partial charge in [-0.2, -0.15) is 5.10 Å². The van der Waals surface area contributed by atoms with Crippen LogP contribution in [0.2, 0.25) is 0 Å². The molecule has 0 fully saturated rings. The second-order valence-electron chi connectivity index (χ2n) is 7.81. The fourth-order valence-electron chi connectivity index (χ4n) is 3.74. The van der Waals surface area contributed by atoms with Gasteiger partial charge in [0.1, 0.15) is 0 Å². The van der Waals surface area contributed by atoms with Gasteiger partial charge in [-0.15, -0.1) is 0 Å². The third-order valence-electron chi connectivity index (χ3n) is 5.48. The highest BCUT2D eigenvalue weighted by Gasteiger charge is 2.14. The largest absolute Gasteiger partial charge is 0.375 e. The van der Waals surface area contributed by atoms with Gasteiger partial charge in [-0.1, -0.05) is 59.4 Å². The van der Waals surface area contributed by atoms with Crippen LogP contribution in [0.3, 0.4) is 0 Å². The minimum absolute atomic E-state index is 0.387. The first-order valence-corrected chi connectivity index (χ1v) is 11.2. The average Bonchev–Trinajstić information content (AvgIpc) is 3.41. The molecule has 1 amide bonds. The van der Waals surface area contributed by atoms with Gasteiger partial charge in [0.05, 0.1) is 28.1 Å². The maximum Gasteiger partial charge on any atom is 0.274 e. The normalized spacial score (nSPS) is 11.1. The van der Waals surface area contributed by atoms with Gasteiger partial charge in [-0.25, -0.2) is 10.5 Å². The molecular formula is C25H21N5O2S. The quantitative estimate of drug-likeness (QED) is 0.259. The van der Waals surface area contributed by atoms with Crippen LogP contribution in [-0.4, -0.2) is 25.9 Å². The summed E-state index contributed by atoms with van der Waals surface area (Å²) in [6.07, 6.45) is 0. The molecule has 0 radical (unpaired) electrons. The second-order valence-corrected chi connectivity index (χ2v) is 8.87. The Morgan fingerprint density at radius 1 is 1.03 bits per heavy atom. The molecule has 0 aliphatic carbocycles. The van der Waals surface area contributed by atoms with Crippen molar-refractivity contribution in [1.82, 2.24) is 20.2 Å². The molecule has 164 valence electrons. The molecule has 4 N–H and O–H groups in total. The second kappa shape index (κ2) is 8.50. The van der Waals surface area contributed by atoms with Crippen LogP contribution < -0.4 is 11.2 Å². The van der Waals surface area contributed by atoms with Gasteiger partial charge in [0.15, 0.2) is 5.13 Å². The van der Waals surface area contributed by atoms with Gasteiger partial charge >= 0.3 is 0 Å². The lowest BCUT2D eigenvalue weighted by Gasteiger charge is -2.09. The molecule has 0 aliphatic rings. The van der Waals surface area contributed by atoms with Crippen LogP contribution in [0.5, 0.6) is 0 Å². The van der Waals surface area contributed by atoms with Gasteiger partial charge < -0.3 is 5.73 Å². The standard InChI is InChI=1S/C25H21N5O2S/c1-15-2-6-17(7-3-15)22-13-21(19-10-11-20-23(12-19)33-25(26)27-20)28-30(22)14-16-4-8-18(9-5-16)24(31)29-32/h2-13,32H,14H2,1H3,(H2,26,27)(H,29,31). The average molecular weight is 456 g/mol. The van der Waals surface area contributed by atoms with E-state index in [1.165, 1.54) is 16.9 Å². The number of carbonyl (C=O) groups excluding carboxylic acids is 1. The summed E-state index contributed by atoms with van der Waals surface area (Å²) in [6.45, 7) is 2.59. The fourth-order valence-corrected chi connectivity index (χ4v) is 4.51. The van der Waals surface area contributed by atoms with Gasteiger partial charge in [-0.3, -0.25) is 14.7 Å². The number of hydroxylamine groups is 1. The van der Waals surface area contributed by atoms with Crippen molar-refractivity contribution in [2.45, 2.75) is 13.5 Å². The first-order chi connectivity index (χ1) is 16.0. The molecule has 0 atom stereocenters. The Kier molecular flexibility index (Phi) is 5.37. The zero-order chi connectivity index (χ0) is 22.9. The summed E-state index contributed by atoms with van der Waals surface area (Å²) in [4.78, 5) is 15.9. The molecule has 0 unspecified atom stereocenters. The predicted molar refractivity (Wildman–Crippen MR) is 130 cm³/mol. The highest BCUT2D eigenvalue weighted by Crippen LogP contribution is 2.31. The Bertz CT molecular complexity index is 1450. The van der Waals surface area contributed by atoms with Gasteiger partial charge in [0.2, 0.25) is 0 Å². The van der Waals surface area contributed by atoms with Crippen molar-refractivity contribution in [3.8, 4) is 22.5 Å². The third-order valence-corrected chi connectivity index (χ3v) is 6.33. The summed E-state index contributed by atoms with van der Waals surface area (Å²) in [7, 11) is 0. The summed E-state index contributed by atoms with van der Waals surface area (Å²) >= 11 is 1.46. The number of nitrogen functional groups attached to an aromatic ring is 1. The molecular weight excluding hydrogens is 434 g/mol. The molecule has 0 spiro atoms. The topological polar surface area (TPSA) is 106 Å². The number of nitrogens with zero attached hydrogens (tertiary/aromatic N) is 3. The summed E-state index contributed by atoms with van der Waals surface area (Å²) in [5.41, 5.74) is 14.9. The smallest absolute Gasteiger partial charge is 0.274 e. The lowest BCUT2D eigenvalue weighted by atomic mass is 10.1. The zero-order valence-electron chi connectivity index (χ0n) is 17.8. The number of nitrogens with two attached hydrogens (primary N) is 1. The highest BCUT2D eigenvalue weighted by molar-refractivity contribution is 7.22. The third kappa shape index (κ3) is 4.21. The number of fused-ring (bicyclic) bond motifs is 1. The van der Waals surface area contributed by atoms with E-state index in [1.54, 1.807) is 17.6 Å². The lowest BCUT2D eigenvalue weighted by Crippen LogP contribution is -2.18. The van der Waals surface area contributed by atoms with Crippen LogP contribution in [0.1, 0.15) is 21.5 Å². The van der Waals surface area contributed by atoms with Gasteiger partial charge in [0, 0.05) is 11.1 Å². The SMILES string of the molecule is Cc1ccc(-c2cc(-c3ccc4nc(N)sc4c3)nn2Cc2ccc(C(=O)NO)cc2)cc1. The highest BCUT2D eigenvalue weighted by atomic mass is 32.1. The fraction of sp³-hybridized carbons (Fsp3) is 0.0800. The molecule has 0 aliphatic heterocycles. The maximum atomic E-state index is 11.6. The lowest BCUT2D eigenvalue weighted by molar-refractivity contribution is 0.0706. The van der Waals surface area contributed by atoms with Crippen LogP contribution in [0, 0.1) is 6.92 Å². The van der Waals surface area contributed by atoms with Crippen LogP contribution in [-0.2, 0) is 6.54 Å². The van der Waals surface area contributed by atoms with Crippen molar-refractivity contribution < 1.29 is 10.0 Å². The van der Waals surface area contributed by atoms with Crippen molar-refractivity contribution in [2.75, 3.05) is 5.73 Å². The van der Waals surface area contributed by atoms with Crippen LogP contribution >= 0.6 is 11.3 Å². The first kappa shape index (κ1) is 20.9. The van der Waals surface area contributed by atoms with E-state index in [2.05, 4.69) is 48.3 Å². The Labute approximate surface area is 194 Å². The Morgan fingerprint density at radius 2 is 1.76 bits per heavy atom. The van der Waals surface area contributed by atoms with E-state index in [9.17, 15) is 4.79 Å². The number of hydrogen-bond acceptors (Lipinski definition) is 6. The minimum atomic E-state index is -0.539. The molecule has 2 aromatic heterocycles. The number of anilines is 1. The van der Waals surface area contributed by atoms with Crippen LogP contribution in [0.25, 0.3) is 32.7 Å². The monoisotopic (exact) mass is 455 g/mol. The molecule has 7 nitrogen and oxygen atoms in total. The molecule has 2 heterocycles. The van der Waals surface area contributed by atoms with E-state index in [0.29, 0.717) is 17.2 Å². The predicted octanol–water partition coefficient (Wildman–Crippen LogP) is 4.88. The summed E-state index contributed by atoms with van der Waals surface area (Å²) in [5.74, 6) is -0.539. The number of rotatable bonds is 5. The maximum absolute atomic E-state index is 11.6. The van der Waals surface area contributed by atoms with E-state index >= 15 is 0 Å². The number of aromatic nitrogens is 3.